The lowest BCUT2D eigenvalue weighted by Crippen LogP contribution is -2.42. The Morgan fingerprint density at radius 1 is 1.35 bits per heavy atom. The Morgan fingerprint density at radius 3 is 2.71 bits per heavy atom. The van der Waals surface area contributed by atoms with Crippen molar-refractivity contribution in [3.63, 3.8) is 0 Å². The summed E-state index contributed by atoms with van der Waals surface area (Å²) in [5, 5.41) is 2.81. The summed E-state index contributed by atoms with van der Waals surface area (Å²) in [6.45, 7) is 5.69. The van der Waals surface area contributed by atoms with E-state index in [1.807, 2.05) is 20.8 Å². The van der Waals surface area contributed by atoms with Crippen molar-refractivity contribution in [3.05, 3.63) is 33.2 Å². The van der Waals surface area contributed by atoms with Gasteiger partial charge in [-0.05, 0) is 51.7 Å². The third kappa shape index (κ3) is 2.57. The van der Waals surface area contributed by atoms with Gasteiger partial charge in [0.2, 0.25) is 0 Å². The molecule has 0 saturated carbocycles. The van der Waals surface area contributed by atoms with Crippen LogP contribution in [0.25, 0.3) is 0 Å². The molecular weight excluding hydrogens is 216 g/mol. The average Bonchev–Trinajstić information content (AvgIpc) is 2.60. The zero-order valence-electron chi connectivity index (χ0n) is 10.5. The van der Waals surface area contributed by atoms with Crippen LogP contribution in [0.3, 0.4) is 0 Å². The molecule has 0 spiro atoms. The van der Waals surface area contributed by atoms with Crippen molar-refractivity contribution in [2.45, 2.75) is 45.6 Å². The Morgan fingerprint density at radius 2 is 2.06 bits per heavy atom. The minimum Gasteiger partial charge on any atom is -0.347 e. The van der Waals surface area contributed by atoms with E-state index < -0.39 is 0 Å². The van der Waals surface area contributed by atoms with E-state index in [1.165, 1.54) is 0 Å². The van der Waals surface area contributed by atoms with Gasteiger partial charge in [0.25, 0.3) is 11.5 Å². The number of pyridine rings is 1. The van der Waals surface area contributed by atoms with Crippen molar-refractivity contribution in [1.82, 2.24) is 10.3 Å². The standard InChI is InChI=1S/C13H18N2O2/c1-13(2,3)15-12(17)9-7-8-5-4-6-10(8)14-11(9)16/h7H,4-6H2,1-3H3,(H,14,16)(H,15,17). The van der Waals surface area contributed by atoms with Crippen molar-refractivity contribution < 1.29 is 4.79 Å². The van der Waals surface area contributed by atoms with Crippen LogP contribution in [-0.4, -0.2) is 16.4 Å². The molecule has 0 aliphatic heterocycles. The summed E-state index contributed by atoms with van der Waals surface area (Å²) in [5.74, 6) is -0.298. The van der Waals surface area contributed by atoms with Crippen LogP contribution >= 0.6 is 0 Å². The molecule has 4 heteroatoms. The molecule has 1 aliphatic rings. The number of aromatic nitrogens is 1. The number of hydrogen-bond donors (Lipinski definition) is 2. The normalized spacial score (nSPS) is 14.5. The maximum Gasteiger partial charge on any atom is 0.261 e. The molecule has 0 unspecified atom stereocenters. The molecule has 92 valence electrons. The highest BCUT2D eigenvalue weighted by atomic mass is 16.2. The Hall–Kier alpha value is -1.58. The van der Waals surface area contributed by atoms with E-state index in [0.29, 0.717) is 0 Å². The van der Waals surface area contributed by atoms with E-state index in [9.17, 15) is 9.59 Å². The van der Waals surface area contributed by atoms with Crippen molar-refractivity contribution in [3.8, 4) is 0 Å². The quantitative estimate of drug-likeness (QED) is 0.771. The van der Waals surface area contributed by atoms with Crippen LogP contribution in [0, 0.1) is 0 Å². The van der Waals surface area contributed by atoms with Crippen molar-refractivity contribution in [1.29, 1.82) is 0 Å². The molecule has 2 N–H and O–H groups in total. The second-order valence-electron chi connectivity index (χ2n) is 5.57. The second-order valence-corrected chi connectivity index (χ2v) is 5.57. The number of aromatic amines is 1. The number of fused-ring (bicyclic) bond motifs is 1. The third-order valence-corrected chi connectivity index (χ3v) is 2.82. The minimum atomic E-state index is -0.331. The Balaban J connectivity index is 2.33. The lowest BCUT2D eigenvalue weighted by Gasteiger charge is -2.20. The monoisotopic (exact) mass is 234 g/mol. The predicted octanol–water partition coefficient (Wildman–Crippen LogP) is 1.39. The SMILES string of the molecule is CC(C)(C)NC(=O)c1cc2c([nH]c1=O)CCC2. The fourth-order valence-electron chi connectivity index (χ4n) is 2.09. The van der Waals surface area contributed by atoms with Gasteiger partial charge in [-0.2, -0.15) is 0 Å². The van der Waals surface area contributed by atoms with Gasteiger partial charge in [0.1, 0.15) is 5.56 Å². The van der Waals surface area contributed by atoms with E-state index in [-0.39, 0.29) is 22.6 Å². The Bertz CT molecular complexity index is 509. The van der Waals surface area contributed by atoms with Gasteiger partial charge < -0.3 is 10.3 Å². The van der Waals surface area contributed by atoms with E-state index in [4.69, 9.17) is 0 Å². The summed E-state index contributed by atoms with van der Waals surface area (Å²) in [6.07, 6.45) is 2.91. The fraction of sp³-hybridized carbons (Fsp3) is 0.538. The van der Waals surface area contributed by atoms with Gasteiger partial charge in [0.15, 0.2) is 0 Å². The number of aryl methyl sites for hydroxylation is 2. The van der Waals surface area contributed by atoms with Crippen LogP contribution in [-0.2, 0) is 12.8 Å². The lowest BCUT2D eigenvalue weighted by molar-refractivity contribution is 0.0918. The summed E-state index contributed by atoms with van der Waals surface area (Å²) >= 11 is 0. The van der Waals surface area contributed by atoms with Crippen LogP contribution in [0.4, 0.5) is 0 Å². The highest BCUT2D eigenvalue weighted by Gasteiger charge is 2.21. The average molecular weight is 234 g/mol. The number of amides is 1. The summed E-state index contributed by atoms with van der Waals surface area (Å²) in [5.41, 5.74) is 1.70. The molecule has 1 aromatic heterocycles. The van der Waals surface area contributed by atoms with E-state index >= 15 is 0 Å². The van der Waals surface area contributed by atoms with Gasteiger partial charge >= 0.3 is 0 Å². The minimum absolute atomic E-state index is 0.223. The first-order chi connectivity index (χ1) is 7.87. The van der Waals surface area contributed by atoms with Crippen LogP contribution in [0.2, 0.25) is 0 Å². The van der Waals surface area contributed by atoms with Crippen molar-refractivity contribution >= 4 is 5.91 Å². The number of nitrogens with one attached hydrogen (secondary N) is 2. The van der Waals surface area contributed by atoms with E-state index in [1.54, 1.807) is 6.07 Å². The van der Waals surface area contributed by atoms with Gasteiger partial charge in [0.05, 0.1) is 0 Å². The van der Waals surface area contributed by atoms with Crippen LogP contribution in [0.15, 0.2) is 10.9 Å². The smallest absolute Gasteiger partial charge is 0.261 e. The van der Waals surface area contributed by atoms with Gasteiger partial charge in [-0.3, -0.25) is 9.59 Å². The molecule has 0 saturated heterocycles. The molecule has 4 nitrogen and oxygen atoms in total. The topological polar surface area (TPSA) is 62.0 Å². The molecular formula is C13H18N2O2. The first kappa shape index (κ1) is 11.9. The van der Waals surface area contributed by atoms with Crippen LogP contribution in [0.1, 0.15) is 48.8 Å². The number of carbonyl (C=O) groups excluding carboxylic acids is 1. The predicted molar refractivity (Wildman–Crippen MR) is 66.3 cm³/mol. The molecule has 2 rings (SSSR count). The second kappa shape index (κ2) is 4.02. The molecule has 1 heterocycles. The fourth-order valence-corrected chi connectivity index (χ4v) is 2.09. The van der Waals surface area contributed by atoms with Crippen molar-refractivity contribution in [2.75, 3.05) is 0 Å². The first-order valence-electron chi connectivity index (χ1n) is 5.94. The highest BCUT2D eigenvalue weighted by molar-refractivity contribution is 5.94. The number of carbonyl (C=O) groups is 1. The largest absolute Gasteiger partial charge is 0.347 e. The molecule has 1 amide bonds. The Labute approximate surface area is 100 Å². The molecule has 0 fully saturated rings. The summed E-state index contributed by atoms with van der Waals surface area (Å²) < 4.78 is 0. The molecule has 0 radical (unpaired) electrons. The van der Waals surface area contributed by atoms with Crippen LogP contribution in [0.5, 0.6) is 0 Å². The lowest BCUT2D eigenvalue weighted by atomic mass is 10.1. The van der Waals surface area contributed by atoms with Gasteiger partial charge in [-0.25, -0.2) is 0 Å². The van der Waals surface area contributed by atoms with Gasteiger partial charge in [-0.15, -0.1) is 0 Å². The highest BCUT2D eigenvalue weighted by Crippen LogP contribution is 2.18. The number of hydrogen-bond acceptors (Lipinski definition) is 2. The van der Waals surface area contributed by atoms with Gasteiger partial charge in [0, 0.05) is 11.2 Å². The molecule has 0 atom stereocenters. The zero-order valence-corrected chi connectivity index (χ0v) is 10.5. The molecule has 1 aromatic rings. The molecule has 1 aliphatic carbocycles. The molecule has 0 bridgehead atoms. The molecule has 0 aromatic carbocycles. The third-order valence-electron chi connectivity index (χ3n) is 2.82. The maximum atomic E-state index is 11.9. The van der Waals surface area contributed by atoms with Crippen molar-refractivity contribution in [2.24, 2.45) is 0 Å². The van der Waals surface area contributed by atoms with E-state index in [2.05, 4.69) is 10.3 Å². The number of rotatable bonds is 1. The zero-order chi connectivity index (χ0) is 12.6. The summed E-state index contributed by atoms with van der Waals surface area (Å²) in [6, 6.07) is 1.74. The Kier molecular flexibility index (Phi) is 2.81. The van der Waals surface area contributed by atoms with Gasteiger partial charge in [-0.1, -0.05) is 0 Å². The summed E-state index contributed by atoms with van der Waals surface area (Å²) in [4.78, 5) is 26.5. The summed E-state index contributed by atoms with van der Waals surface area (Å²) in [7, 11) is 0. The number of H-pyrrole nitrogens is 1. The van der Waals surface area contributed by atoms with E-state index in [0.717, 1.165) is 30.5 Å². The molecule has 17 heavy (non-hydrogen) atoms. The maximum absolute atomic E-state index is 11.9. The first-order valence-corrected chi connectivity index (χ1v) is 5.94. The van der Waals surface area contributed by atoms with Crippen LogP contribution < -0.4 is 10.9 Å².